The summed E-state index contributed by atoms with van der Waals surface area (Å²) < 4.78 is 0. The third kappa shape index (κ3) is 2.71. The molecule has 2 nitrogen and oxygen atoms in total. The van der Waals surface area contributed by atoms with Crippen LogP contribution >= 0.6 is 0 Å². The lowest BCUT2D eigenvalue weighted by molar-refractivity contribution is -0.229. The Kier molecular flexibility index (Phi) is 5.05. The summed E-state index contributed by atoms with van der Waals surface area (Å²) in [4.78, 5) is 16.2. The van der Waals surface area contributed by atoms with Crippen LogP contribution in [0.5, 0.6) is 0 Å². The molecule has 9 unspecified atom stereocenters. The molecule has 5 rings (SSSR count). The maximum Gasteiger partial charge on any atom is 0.235 e. The number of nitrogens with zero attached hydrogens (tertiary/aromatic N) is 1. The van der Waals surface area contributed by atoms with Gasteiger partial charge in [0.25, 0.3) is 0 Å². The zero-order valence-corrected chi connectivity index (χ0v) is 21.7. The van der Waals surface area contributed by atoms with Crippen LogP contribution in [0.3, 0.4) is 0 Å². The van der Waals surface area contributed by atoms with E-state index in [1.807, 2.05) is 6.08 Å². The van der Waals surface area contributed by atoms with Gasteiger partial charge in [-0.05, 0) is 122 Å². The molecule has 0 amide bonds. The van der Waals surface area contributed by atoms with Crippen molar-refractivity contribution >= 4 is 6.08 Å². The first-order valence-electron chi connectivity index (χ1n) is 13.7. The fourth-order valence-corrected chi connectivity index (χ4v) is 11.5. The van der Waals surface area contributed by atoms with E-state index in [1.165, 1.54) is 56.9 Å². The van der Waals surface area contributed by atoms with Gasteiger partial charge in [0.2, 0.25) is 6.08 Å². The molecule has 0 radical (unpaired) electrons. The first-order chi connectivity index (χ1) is 15.0. The van der Waals surface area contributed by atoms with Gasteiger partial charge in [0, 0.05) is 0 Å². The molecule has 0 aromatic heterocycles. The molecule has 0 bridgehead atoms. The van der Waals surface area contributed by atoms with E-state index in [4.69, 9.17) is 0 Å². The van der Waals surface area contributed by atoms with E-state index in [0.717, 1.165) is 31.1 Å². The molecule has 0 N–H and O–H groups in total. The Labute approximate surface area is 197 Å². The molecule has 178 valence electrons. The molecule has 5 aliphatic rings. The minimum atomic E-state index is -0.160. The molecule has 0 saturated heterocycles. The zero-order valence-electron chi connectivity index (χ0n) is 21.7. The van der Waals surface area contributed by atoms with Gasteiger partial charge in [-0.15, -0.1) is 0 Å². The zero-order chi connectivity index (χ0) is 23.2. The molecule has 9 atom stereocenters. The van der Waals surface area contributed by atoms with Crippen LogP contribution in [0.2, 0.25) is 0 Å². The molecule has 0 aromatic carbocycles. The lowest BCUT2D eigenvalue weighted by Gasteiger charge is -2.72. The average Bonchev–Trinajstić information content (AvgIpc) is 3.08. The SMILES string of the molecule is C=C(C)C1CCC2(N=C=O)CCC3(C)C(CCC4C5(C)CCCC(C)(C)C5CCC43C)C12. The molecule has 2 heteroatoms. The lowest BCUT2D eigenvalue weighted by Crippen LogP contribution is -2.66. The second kappa shape index (κ2) is 7.07. The molecule has 0 heterocycles. The first-order valence-corrected chi connectivity index (χ1v) is 13.7. The summed E-state index contributed by atoms with van der Waals surface area (Å²) in [6.07, 6.45) is 16.3. The van der Waals surface area contributed by atoms with Crippen LogP contribution in [-0.2, 0) is 4.79 Å². The van der Waals surface area contributed by atoms with Gasteiger partial charge in [-0.2, -0.15) is 4.99 Å². The standard InChI is InChI=1S/C30H47NO/c1-20(2)21-11-16-30(31-19-32)18-17-28(6)22(25(21)30)9-10-24-27(5)14-8-13-26(3,4)23(27)12-15-29(24,28)7/h21-25H,1,8-18H2,2-7H3. The Morgan fingerprint density at radius 2 is 1.59 bits per heavy atom. The molecule has 32 heavy (non-hydrogen) atoms. The molecule has 0 aliphatic heterocycles. The summed E-state index contributed by atoms with van der Waals surface area (Å²) >= 11 is 0. The van der Waals surface area contributed by atoms with Gasteiger partial charge in [0.05, 0.1) is 5.54 Å². The maximum absolute atomic E-state index is 11.6. The highest BCUT2D eigenvalue weighted by Gasteiger charge is 2.70. The van der Waals surface area contributed by atoms with E-state index < -0.39 is 0 Å². The average molecular weight is 438 g/mol. The summed E-state index contributed by atoms with van der Waals surface area (Å²) in [6, 6.07) is 0. The predicted molar refractivity (Wildman–Crippen MR) is 132 cm³/mol. The van der Waals surface area contributed by atoms with Crippen molar-refractivity contribution in [2.45, 2.75) is 118 Å². The van der Waals surface area contributed by atoms with Crippen LogP contribution in [-0.4, -0.2) is 11.6 Å². The fraction of sp³-hybridized carbons (Fsp3) is 0.900. The second-order valence-electron chi connectivity index (χ2n) is 14.3. The van der Waals surface area contributed by atoms with Crippen molar-refractivity contribution in [2.75, 3.05) is 0 Å². The van der Waals surface area contributed by atoms with Gasteiger partial charge in [-0.25, -0.2) is 4.79 Å². The molecule has 0 aromatic rings. The van der Waals surface area contributed by atoms with Crippen LogP contribution in [0.4, 0.5) is 0 Å². The molecular formula is C30H47NO. The quantitative estimate of drug-likeness (QED) is 0.243. The van der Waals surface area contributed by atoms with E-state index in [9.17, 15) is 4.79 Å². The summed E-state index contributed by atoms with van der Waals surface area (Å²) in [7, 11) is 0. The summed E-state index contributed by atoms with van der Waals surface area (Å²) in [5, 5.41) is 0. The molecule has 5 fully saturated rings. The number of hydrogen-bond donors (Lipinski definition) is 0. The minimum Gasteiger partial charge on any atom is -0.211 e. The summed E-state index contributed by atoms with van der Waals surface area (Å²) in [6.45, 7) is 19.8. The van der Waals surface area contributed by atoms with Crippen molar-refractivity contribution in [2.24, 2.45) is 56.2 Å². The van der Waals surface area contributed by atoms with Gasteiger partial charge < -0.3 is 0 Å². The monoisotopic (exact) mass is 437 g/mol. The van der Waals surface area contributed by atoms with E-state index in [-0.39, 0.29) is 5.54 Å². The summed E-state index contributed by atoms with van der Waals surface area (Å²) in [5.41, 5.74) is 2.88. The van der Waals surface area contributed by atoms with Gasteiger partial charge in [-0.3, -0.25) is 0 Å². The van der Waals surface area contributed by atoms with Crippen LogP contribution < -0.4 is 0 Å². The van der Waals surface area contributed by atoms with Crippen molar-refractivity contribution < 1.29 is 4.79 Å². The Morgan fingerprint density at radius 1 is 0.844 bits per heavy atom. The highest BCUT2D eigenvalue weighted by Crippen LogP contribution is 2.76. The largest absolute Gasteiger partial charge is 0.235 e. The number of fused-ring (bicyclic) bond motifs is 7. The van der Waals surface area contributed by atoms with Crippen LogP contribution in [0, 0.1) is 51.2 Å². The topological polar surface area (TPSA) is 29.4 Å². The van der Waals surface area contributed by atoms with E-state index in [0.29, 0.717) is 39.4 Å². The highest BCUT2D eigenvalue weighted by atomic mass is 16.1. The predicted octanol–water partition coefficient (Wildman–Crippen LogP) is 8.12. The van der Waals surface area contributed by atoms with Crippen LogP contribution in [0.25, 0.3) is 0 Å². The molecule has 5 saturated carbocycles. The van der Waals surface area contributed by atoms with Gasteiger partial charge in [-0.1, -0.05) is 53.2 Å². The van der Waals surface area contributed by atoms with Crippen molar-refractivity contribution in [3.05, 3.63) is 12.2 Å². The third-order valence-electron chi connectivity index (χ3n) is 13.0. The van der Waals surface area contributed by atoms with Gasteiger partial charge in [0.15, 0.2) is 0 Å². The Hall–Kier alpha value is -0.880. The van der Waals surface area contributed by atoms with Crippen molar-refractivity contribution in [1.82, 2.24) is 0 Å². The maximum atomic E-state index is 11.6. The first kappa shape index (κ1) is 22.9. The Balaban J connectivity index is 1.57. The van der Waals surface area contributed by atoms with E-state index in [1.54, 1.807) is 0 Å². The second-order valence-corrected chi connectivity index (χ2v) is 14.3. The number of carbonyl (C=O) groups excluding carboxylic acids is 1. The summed E-state index contributed by atoms with van der Waals surface area (Å²) in [5.74, 6) is 3.39. The smallest absolute Gasteiger partial charge is 0.211 e. The van der Waals surface area contributed by atoms with E-state index >= 15 is 0 Å². The van der Waals surface area contributed by atoms with E-state index in [2.05, 4.69) is 53.1 Å². The van der Waals surface area contributed by atoms with Crippen molar-refractivity contribution in [3.63, 3.8) is 0 Å². The van der Waals surface area contributed by atoms with Crippen molar-refractivity contribution in [3.8, 4) is 0 Å². The number of allylic oxidation sites excluding steroid dienone is 1. The normalized spacial score (nSPS) is 53.8. The Morgan fingerprint density at radius 3 is 2.28 bits per heavy atom. The third-order valence-corrected chi connectivity index (χ3v) is 13.0. The number of hydrogen-bond acceptors (Lipinski definition) is 2. The van der Waals surface area contributed by atoms with Gasteiger partial charge in [0.1, 0.15) is 0 Å². The number of aliphatic imine (C=N–C) groups is 1. The highest BCUT2D eigenvalue weighted by molar-refractivity contribution is 5.37. The number of isocyanates is 1. The molecular weight excluding hydrogens is 390 g/mol. The van der Waals surface area contributed by atoms with Crippen LogP contribution in [0.1, 0.15) is 112 Å². The fourth-order valence-electron chi connectivity index (χ4n) is 11.5. The van der Waals surface area contributed by atoms with Crippen LogP contribution in [0.15, 0.2) is 17.1 Å². The Bertz CT molecular complexity index is 853. The lowest BCUT2D eigenvalue weighted by atomic mass is 9.33. The number of rotatable bonds is 2. The molecule has 5 aliphatic carbocycles. The van der Waals surface area contributed by atoms with Gasteiger partial charge >= 0.3 is 0 Å². The minimum absolute atomic E-state index is 0.160. The van der Waals surface area contributed by atoms with Crippen molar-refractivity contribution in [1.29, 1.82) is 0 Å². The molecule has 0 spiro atoms.